The van der Waals surface area contributed by atoms with Crippen molar-refractivity contribution in [1.29, 1.82) is 0 Å². The molecule has 1 amide bonds. The highest BCUT2D eigenvalue weighted by Gasteiger charge is 2.28. The van der Waals surface area contributed by atoms with E-state index < -0.39 is 0 Å². The first-order chi connectivity index (χ1) is 8.37. The van der Waals surface area contributed by atoms with Crippen molar-refractivity contribution in [3.05, 3.63) is 34.9 Å². The van der Waals surface area contributed by atoms with Crippen LogP contribution in [0.1, 0.15) is 26.3 Å². The van der Waals surface area contributed by atoms with E-state index >= 15 is 0 Å². The van der Waals surface area contributed by atoms with Crippen LogP contribution >= 0.6 is 11.6 Å². The minimum Gasteiger partial charge on any atom is -0.349 e. The van der Waals surface area contributed by atoms with Crippen molar-refractivity contribution < 1.29 is 4.79 Å². The lowest BCUT2D eigenvalue weighted by Crippen LogP contribution is -2.55. The van der Waals surface area contributed by atoms with Gasteiger partial charge in [-0.1, -0.05) is 37.6 Å². The van der Waals surface area contributed by atoms with Crippen LogP contribution in [0, 0.1) is 5.92 Å². The number of hydrogen-bond donors (Lipinski definition) is 2. The van der Waals surface area contributed by atoms with Crippen LogP contribution in [0.15, 0.2) is 24.3 Å². The van der Waals surface area contributed by atoms with Crippen LogP contribution in [0.3, 0.4) is 0 Å². The van der Waals surface area contributed by atoms with Gasteiger partial charge >= 0.3 is 0 Å². The van der Waals surface area contributed by atoms with Crippen LogP contribution in [-0.4, -0.2) is 18.0 Å². The highest BCUT2D eigenvalue weighted by molar-refractivity contribution is 6.30. The molecular weight excluding hydrogens is 248 g/mol. The molecular formula is C14H21ClN2O. The SMILES string of the molecule is CC(C)C(C)(CN)NC(=O)Cc1cccc(Cl)c1. The van der Waals surface area contributed by atoms with Gasteiger partial charge in [0.15, 0.2) is 0 Å². The molecule has 0 saturated carbocycles. The first-order valence-corrected chi connectivity index (χ1v) is 6.50. The topological polar surface area (TPSA) is 55.1 Å². The average molecular weight is 269 g/mol. The second kappa shape index (κ2) is 6.21. The smallest absolute Gasteiger partial charge is 0.224 e. The molecule has 1 unspecified atom stereocenters. The predicted octanol–water partition coefficient (Wildman–Crippen LogP) is 2.37. The minimum atomic E-state index is -0.365. The summed E-state index contributed by atoms with van der Waals surface area (Å²) in [5.41, 5.74) is 6.28. The average Bonchev–Trinajstić information content (AvgIpc) is 2.28. The zero-order valence-corrected chi connectivity index (χ0v) is 11.9. The molecule has 0 aliphatic rings. The molecule has 0 aliphatic heterocycles. The summed E-state index contributed by atoms with van der Waals surface area (Å²) in [7, 11) is 0. The summed E-state index contributed by atoms with van der Waals surface area (Å²) >= 11 is 5.89. The van der Waals surface area contributed by atoms with Crippen molar-refractivity contribution in [2.75, 3.05) is 6.54 Å². The van der Waals surface area contributed by atoms with Crippen LogP contribution in [0.2, 0.25) is 5.02 Å². The van der Waals surface area contributed by atoms with E-state index in [2.05, 4.69) is 5.32 Å². The summed E-state index contributed by atoms with van der Waals surface area (Å²) in [6.45, 7) is 6.48. The second-order valence-corrected chi connectivity index (χ2v) is 5.57. The molecule has 3 nitrogen and oxygen atoms in total. The van der Waals surface area contributed by atoms with Gasteiger partial charge < -0.3 is 11.1 Å². The van der Waals surface area contributed by atoms with Gasteiger partial charge in [-0.2, -0.15) is 0 Å². The summed E-state index contributed by atoms with van der Waals surface area (Å²) in [6.07, 6.45) is 0.322. The fraction of sp³-hybridized carbons (Fsp3) is 0.500. The van der Waals surface area contributed by atoms with Gasteiger partial charge in [0, 0.05) is 11.6 Å². The molecule has 100 valence electrons. The third kappa shape index (κ3) is 4.00. The Kier molecular flexibility index (Phi) is 5.17. The molecule has 4 heteroatoms. The Morgan fingerprint density at radius 1 is 1.50 bits per heavy atom. The maximum atomic E-state index is 12.0. The Morgan fingerprint density at radius 3 is 2.67 bits per heavy atom. The highest BCUT2D eigenvalue weighted by Crippen LogP contribution is 2.16. The van der Waals surface area contributed by atoms with Gasteiger partial charge in [-0.15, -0.1) is 0 Å². The maximum Gasteiger partial charge on any atom is 0.224 e. The van der Waals surface area contributed by atoms with Crippen LogP contribution in [0.5, 0.6) is 0 Å². The van der Waals surface area contributed by atoms with Crippen molar-refractivity contribution >= 4 is 17.5 Å². The summed E-state index contributed by atoms with van der Waals surface area (Å²) < 4.78 is 0. The Hall–Kier alpha value is -1.06. The predicted molar refractivity (Wildman–Crippen MR) is 75.6 cm³/mol. The Bertz CT molecular complexity index is 420. The van der Waals surface area contributed by atoms with Crippen molar-refractivity contribution in [3.63, 3.8) is 0 Å². The number of benzene rings is 1. The Labute approximate surface area is 114 Å². The summed E-state index contributed by atoms with van der Waals surface area (Å²) in [6, 6.07) is 7.33. The summed E-state index contributed by atoms with van der Waals surface area (Å²) in [4.78, 5) is 12.0. The number of hydrogen-bond acceptors (Lipinski definition) is 2. The van der Waals surface area contributed by atoms with Gasteiger partial charge in [-0.3, -0.25) is 4.79 Å². The van der Waals surface area contributed by atoms with E-state index in [4.69, 9.17) is 17.3 Å². The number of amides is 1. The van der Waals surface area contributed by atoms with E-state index in [1.807, 2.05) is 32.9 Å². The number of halogens is 1. The highest BCUT2D eigenvalue weighted by atomic mass is 35.5. The third-order valence-electron chi connectivity index (χ3n) is 3.38. The normalized spacial score (nSPS) is 14.3. The van der Waals surface area contributed by atoms with Gasteiger partial charge in [0.05, 0.1) is 12.0 Å². The van der Waals surface area contributed by atoms with Gasteiger partial charge in [-0.25, -0.2) is 0 Å². The molecule has 0 radical (unpaired) electrons. The lowest BCUT2D eigenvalue weighted by molar-refractivity contribution is -0.122. The standard InChI is InChI=1S/C14H21ClN2O/c1-10(2)14(3,9-16)17-13(18)8-11-5-4-6-12(15)7-11/h4-7,10H,8-9,16H2,1-3H3,(H,17,18). The summed E-state index contributed by atoms with van der Waals surface area (Å²) in [5.74, 6) is 0.254. The Balaban J connectivity index is 2.67. The molecule has 0 spiro atoms. The van der Waals surface area contributed by atoms with Crippen LogP contribution < -0.4 is 11.1 Å². The molecule has 0 heterocycles. The Morgan fingerprint density at radius 2 is 2.17 bits per heavy atom. The largest absolute Gasteiger partial charge is 0.349 e. The first kappa shape index (κ1) is 15.0. The van der Waals surface area contributed by atoms with E-state index in [9.17, 15) is 4.79 Å². The molecule has 0 aliphatic carbocycles. The lowest BCUT2D eigenvalue weighted by Gasteiger charge is -2.33. The third-order valence-corrected chi connectivity index (χ3v) is 3.61. The first-order valence-electron chi connectivity index (χ1n) is 6.13. The molecule has 18 heavy (non-hydrogen) atoms. The maximum absolute atomic E-state index is 12.0. The molecule has 3 N–H and O–H groups in total. The fourth-order valence-corrected chi connectivity index (χ4v) is 1.84. The van der Waals surface area contributed by atoms with Crippen LogP contribution in [0.4, 0.5) is 0 Å². The quantitative estimate of drug-likeness (QED) is 0.861. The number of carbonyl (C=O) groups is 1. The van der Waals surface area contributed by atoms with Gasteiger partial charge in [-0.05, 0) is 30.5 Å². The lowest BCUT2D eigenvalue weighted by atomic mass is 9.88. The molecule has 0 fully saturated rings. The van der Waals surface area contributed by atoms with Gasteiger partial charge in [0.25, 0.3) is 0 Å². The molecule has 0 saturated heterocycles. The monoisotopic (exact) mass is 268 g/mol. The van der Waals surface area contributed by atoms with E-state index in [1.165, 1.54) is 0 Å². The molecule has 1 aromatic rings. The van der Waals surface area contributed by atoms with Crippen molar-refractivity contribution in [1.82, 2.24) is 5.32 Å². The van der Waals surface area contributed by atoms with Gasteiger partial charge in [0.1, 0.15) is 0 Å². The van der Waals surface area contributed by atoms with E-state index in [0.717, 1.165) is 5.56 Å². The number of nitrogens with two attached hydrogens (primary N) is 1. The number of nitrogens with one attached hydrogen (secondary N) is 1. The minimum absolute atomic E-state index is 0.0288. The zero-order chi connectivity index (χ0) is 13.8. The van der Waals surface area contributed by atoms with Crippen molar-refractivity contribution in [2.45, 2.75) is 32.7 Å². The molecule has 1 rings (SSSR count). The molecule has 0 aromatic heterocycles. The van der Waals surface area contributed by atoms with Crippen LogP contribution in [0.25, 0.3) is 0 Å². The van der Waals surface area contributed by atoms with Gasteiger partial charge in [0.2, 0.25) is 5.91 Å². The molecule has 0 bridgehead atoms. The van der Waals surface area contributed by atoms with Crippen molar-refractivity contribution in [3.8, 4) is 0 Å². The van der Waals surface area contributed by atoms with Crippen LogP contribution in [-0.2, 0) is 11.2 Å². The molecule has 1 aromatic carbocycles. The van der Waals surface area contributed by atoms with Crippen molar-refractivity contribution in [2.24, 2.45) is 11.7 Å². The van der Waals surface area contributed by atoms with E-state index in [1.54, 1.807) is 12.1 Å². The molecule has 1 atom stereocenters. The number of carbonyl (C=O) groups excluding carboxylic acids is 1. The van der Waals surface area contributed by atoms with E-state index in [-0.39, 0.29) is 17.4 Å². The zero-order valence-electron chi connectivity index (χ0n) is 11.2. The van der Waals surface area contributed by atoms with E-state index in [0.29, 0.717) is 18.0 Å². The second-order valence-electron chi connectivity index (χ2n) is 5.13. The fourth-order valence-electron chi connectivity index (χ4n) is 1.63. The summed E-state index contributed by atoms with van der Waals surface area (Å²) in [5, 5.41) is 3.65. The number of rotatable bonds is 5.